The second-order valence-electron chi connectivity index (χ2n) is 4.60. The highest BCUT2D eigenvalue weighted by Gasteiger charge is 2.26. The Bertz CT molecular complexity index is 539. The Morgan fingerprint density at radius 1 is 0.889 bits per heavy atom. The topological polar surface area (TPSA) is 20.2 Å². The van der Waals surface area contributed by atoms with Crippen molar-refractivity contribution in [1.29, 1.82) is 0 Å². The summed E-state index contributed by atoms with van der Waals surface area (Å²) < 4.78 is 26.2. The zero-order chi connectivity index (χ0) is 13.3. The van der Waals surface area contributed by atoms with E-state index in [4.69, 9.17) is 0 Å². The van der Waals surface area contributed by atoms with E-state index in [0.717, 1.165) is 5.56 Å². The third-order valence-corrected chi connectivity index (χ3v) is 3.01. The average molecular weight is 248 g/mol. The van der Waals surface area contributed by atoms with Crippen LogP contribution in [-0.4, -0.2) is 5.11 Å². The summed E-state index contributed by atoms with van der Waals surface area (Å²) in [5.41, 5.74) is 0.355. The van der Waals surface area contributed by atoms with Crippen molar-refractivity contribution < 1.29 is 13.9 Å². The number of rotatable bonds is 2. The summed E-state index contributed by atoms with van der Waals surface area (Å²) in [6.07, 6.45) is 0. The molecule has 0 saturated heterocycles. The maximum Gasteiger partial charge on any atom is 0.123 e. The first-order valence-corrected chi connectivity index (χ1v) is 5.65. The van der Waals surface area contributed by atoms with Gasteiger partial charge >= 0.3 is 0 Å². The van der Waals surface area contributed by atoms with Gasteiger partial charge in [-0.05, 0) is 54.8 Å². The molecule has 0 aliphatic heterocycles. The largest absolute Gasteiger partial charge is 0.381 e. The van der Waals surface area contributed by atoms with Gasteiger partial charge in [0.05, 0.1) is 0 Å². The molecule has 0 fully saturated rings. The van der Waals surface area contributed by atoms with Crippen LogP contribution in [-0.2, 0) is 5.60 Å². The van der Waals surface area contributed by atoms with E-state index in [2.05, 4.69) is 0 Å². The number of hydrogen-bond donors (Lipinski definition) is 1. The molecule has 0 aliphatic carbocycles. The third-order valence-electron chi connectivity index (χ3n) is 3.01. The van der Waals surface area contributed by atoms with Crippen LogP contribution in [0.4, 0.5) is 8.78 Å². The van der Waals surface area contributed by atoms with E-state index < -0.39 is 11.4 Å². The minimum Gasteiger partial charge on any atom is -0.381 e. The number of hydrogen-bond acceptors (Lipinski definition) is 1. The summed E-state index contributed by atoms with van der Waals surface area (Å²) in [6, 6.07) is 9.93. The number of halogens is 2. The summed E-state index contributed by atoms with van der Waals surface area (Å²) in [6.45, 7) is 3.32. The quantitative estimate of drug-likeness (QED) is 0.862. The molecule has 0 heterocycles. The van der Waals surface area contributed by atoms with Crippen LogP contribution in [0.2, 0.25) is 0 Å². The van der Waals surface area contributed by atoms with E-state index in [9.17, 15) is 13.9 Å². The lowest BCUT2D eigenvalue weighted by Crippen LogP contribution is -2.23. The van der Waals surface area contributed by atoms with Gasteiger partial charge in [-0.2, -0.15) is 0 Å². The standard InChI is InChI=1S/C15H14F2O/c1-10-7-12(9-14(17)8-10)15(2,18)11-3-5-13(16)6-4-11/h3-9,18H,1-2H3. The van der Waals surface area contributed by atoms with Crippen LogP contribution in [0.15, 0.2) is 42.5 Å². The Balaban J connectivity index is 2.49. The van der Waals surface area contributed by atoms with Crippen molar-refractivity contribution in [2.45, 2.75) is 19.4 Å². The van der Waals surface area contributed by atoms with Crippen LogP contribution in [0.3, 0.4) is 0 Å². The molecule has 0 radical (unpaired) electrons. The molecule has 1 unspecified atom stereocenters. The smallest absolute Gasteiger partial charge is 0.123 e. The zero-order valence-corrected chi connectivity index (χ0v) is 10.2. The molecule has 2 rings (SSSR count). The lowest BCUT2D eigenvalue weighted by Gasteiger charge is -2.25. The van der Waals surface area contributed by atoms with Crippen molar-refractivity contribution in [3.05, 3.63) is 70.8 Å². The maximum absolute atomic E-state index is 13.4. The Morgan fingerprint density at radius 3 is 2.06 bits per heavy atom. The molecule has 18 heavy (non-hydrogen) atoms. The van der Waals surface area contributed by atoms with Crippen molar-refractivity contribution in [3.63, 3.8) is 0 Å². The number of aliphatic hydroxyl groups is 1. The molecule has 0 spiro atoms. The van der Waals surface area contributed by atoms with Gasteiger partial charge < -0.3 is 5.11 Å². The molecule has 3 heteroatoms. The van der Waals surface area contributed by atoms with Gasteiger partial charge in [0.15, 0.2) is 0 Å². The Morgan fingerprint density at radius 2 is 1.50 bits per heavy atom. The Kier molecular flexibility index (Phi) is 3.18. The average Bonchev–Trinajstić information content (AvgIpc) is 2.28. The molecule has 2 aromatic rings. The molecule has 0 aliphatic rings. The second kappa shape index (κ2) is 4.50. The van der Waals surface area contributed by atoms with Gasteiger partial charge in [-0.1, -0.05) is 18.2 Å². The van der Waals surface area contributed by atoms with Crippen molar-refractivity contribution in [1.82, 2.24) is 0 Å². The van der Waals surface area contributed by atoms with Crippen LogP contribution in [0.5, 0.6) is 0 Å². The normalized spacial score (nSPS) is 14.3. The van der Waals surface area contributed by atoms with Crippen LogP contribution < -0.4 is 0 Å². The molecular weight excluding hydrogens is 234 g/mol. The predicted octanol–water partition coefficient (Wildman–Crippen LogP) is 3.53. The Labute approximate surface area is 105 Å². The van der Waals surface area contributed by atoms with E-state index in [0.29, 0.717) is 11.1 Å². The maximum atomic E-state index is 13.4. The first-order chi connectivity index (χ1) is 8.39. The summed E-state index contributed by atoms with van der Waals surface area (Å²) in [5, 5.41) is 10.5. The predicted molar refractivity (Wildman–Crippen MR) is 66.2 cm³/mol. The van der Waals surface area contributed by atoms with Crippen LogP contribution >= 0.6 is 0 Å². The van der Waals surface area contributed by atoms with Gasteiger partial charge in [0.1, 0.15) is 17.2 Å². The van der Waals surface area contributed by atoms with Gasteiger partial charge in [-0.25, -0.2) is 8.78 Å². The van der Waals surface area contributed by atoms with Crippen molar-refractivity contribution >= 4 is 0 Å². The summed E-state index contributed by atoms with van der Waals surface area (Å²) in [5.74, 6) is -0.766. The summed E-state index contributed by atoms with van der Waals surface area (Å²) in [4.78, 5) is 0. The first-order valence-electron chi connectivity index (χ1n) is 5.65. The summed E-state index contributed by atoms with van der Waals surface area (Å²) >= 11 is 0. The van der Waals surface area contributed by atoms with E-state index in [1.807, 2.05) is 0 Å². The van der Waals surface area contributed by atoms with Gasteiger partial charge in [0.25, 0.3) is 0 Å². The van der Waals surface area contributed by atoms with Crippen molar-refractivity contribution in [2.24, 2.45) is 0 Å². The SMILES string of the molecule is Cc1cc(F)cc(C(C)(O)c2ccc(F)cc2)c1. The Hall–Kier alpha value is -1.74. The lowest BCUT2D eigenvalue weighted by atomic mass is 9.87. The molecule has 1 N–H and O–H groups in total. The van der Waals surface area contributed by atoms with Gasteiger partial charge in [-0.15, -0.1) is 0 Å². The minimum atomic E-state index is -1.35. The molecule has 1 atom stereocenters. The fourth-order valence-corrected chi connectivity index (χ4v) is 1.96. The molecule has 2 aromatic carbocycles. The monoisotopic (exact) mass is 248 g/mol. The lowest BCUT2D eigenvalue weighted by molar-refractivity contribution is 0.102. The highest BCUT2D eigenvalue weighted by molar-refractivity contribution is 5.37. The fraction of sp³-hybridized carbons (Fsp3) is 0.200. The van der Waals surface area contributed by atoms with E-state index in [1.165, 1.54) is 36.4 Å². The second-order valence-corrected chi connectivity index (χ2v) is 4.60. The minimum absolute atomic E-state index is 0.370. The van der Waals surface area contributed by atoms with Crippen LogP contribution in [0.25, 0.3) is 0 Å². The molecule has 1 nitrogen and oxygen atoms in total. The van der Waals surface area contributed by atoms with Crippen LogP contribution in [0, 0.1) is 18.6 Å². The highest BCUT2D eigenvalue weighted by Crippen LogP contribution is 2.30. The molecular formula is C15H14F2O. The van der Waals surface area contributed by atoms with E-state index >= 15 is 0 Å². The summed E-state index contributed by atoms with van der Waals surface area (Å²) in [7, 11) is 0. The van der Waals surface area contributed by atoms with Gasteiger partial charge in [0, 0.05) is 0 Å². The number of aryl methyl sites for hydroxylation is 1. The van der Waals surface area contributed by atoms with Crippen molar-refractivity contribution in [2.75, 3.05) is 0 Å². The van der Waals surface area contributed by atoms with Gasteiger partial charge in [-0.3, -0.25) is 0 Å². The molecule has 0 bridgehead atoms. The number of benzene rings is 2. The molecule has 94 valence electrons. The van der Waals surface area contributed by atoms with Gasteiger partial charge in [0.2, 0.25) is 0 Å². The molecule has 0 amide bonds. The first kappa shape index (κ1) is 12.7. The van der Waals surface area contributed by atoms with Crippen LogP contribution in [0.1, 0.15) is 23.6 Å². The zero-order valence-electron chi connectivity index (χ0n) is 10.2. The highest BCUT2D eigenvalue weighted by atomic mass is 19.1. The third kappa shape index (κ3) is 2.41. The molecule has 0 aromatic heterocycles. The van der Waals surface area contributed by atoms with Crippen molar-refractivity contribution in [3.8, 4) is 0 Å². The van der Waals surface area contributed by atoms with E-state index in [-0.39, 0.29) is 5.82 Å². The van der Waals surface area contributed by atoms with E-state index in [1.54, 1.807) is 19.9 Å². The fourth-order valence-electron chi connectivity index (χ4n) is 1.96. The molecule has 0 saturated carbocycles.